The number of aromatic amines is 2. The van der Waals surface area contributed by atoms with Crippen LogP contribution in [-0.4, -0.2) is 66.7 Å². The molecule has 270 valence electrons. The number of aliphatic hydroxyl groups is 2. The first kappa shape index (κ1) is 39.4. The summed E-state index contributed by atoms with van der Waals surface area (Å²) >= 11 is 0. The lowest BCUT2D eigenvalue weighted by Gasteiger charge is -2.21. The van der Waals surface area contributed by atoms with Crippen LogP contribution in [0.4, 0.5) is 37.7 Å². The number of halogens is 6. The van der Waals surface area contributed by atoms with Gasteiger partial charge in [0.1, 0.15) is 32.2 Å². The molecule has 0 aliphatic heterocycles. The molecule has 0 aliphatic rings. The van der Waals surface area contributed by atoms with Crippen LogP contribution >= 0.6 is 0 Å². The highest BCUT2D eigenvalue weighted by molar-refractivity contribution is 7.90. The largest absolute Gasteiger partial charge is 0.423 e. The quantitative estimate of drug-likeness (QED) is 0.0876. The molecule has 0 aliphatic carbocycles. The number of benzene rings is 2. The van der Waals surface area contributed by atoms with Crippen LogP contribution in [0.5, 0.6) is 0 Å². The van der Waals surface area contributed by atoms with E-state index in [9.17, 15) is 69.4 Å². The summed E-state index contributed by atoms with van der Waals surface area (Å²) in [6.45, 7) is 2.74. The topological polar surface area (TPSA) is 210 Å². The number of hydrogen-bond acceptors (Lipinski definition) is 9. The van der Waals surface area contributed by atoms with Gasteiger partial charge in [0, 0.05) is 74.4 Å². The van der Waals surface area contributed by atoms with E-state index in [1.54, 1.807) is 0 Å². The lowest BCUT2D eigenvalue weighted by Crippen LogP contribution is -2.25. The van der Waals surface area contributed by atoms with Crippen LogP contribution in [0.25, 0.3) is 21.8 Å². The number of nitro benzene ring substituents is 2. The first-order valence-corrected chi connectivity index (χ1v) is 17.6. The van der Waals surface area contributed by atoms with Gasteiger partial charge in [-0.3, -0.25) is 24.4 Å². The van der Waals surface area contributed by atoms with Crippen molar-refractivity contribution in [2.24, 2.45) is 0 Å². The van der Waals surface area contributed by atoms with Gasteiger partial charge >= 0.3 is 12.4 Å². The summed E-state index contributed by atoms with van der Waals surface area (Å²) in [6, 6.07) is 5.48. The van der Waals surface area contributed by atoms with E-state index in [0.717, 1.165) is 18.4 Å². The molecule has 3 atom stereocenters. The van der Waals surface area contributed by atoms with Crippen molar-refractivity contribution >= 4 is 53.8 Å². The molecule has 0 radical (unpaired) electrons. The van der Waals surface area contributed by atoms with Crippen molar-refractivity contribution in [3.63, 3.8) is 0 Å². The Morgan fingerprint density at radius 1 is 0.755 bits per heavy atom. The van der Waals surface area contributed by atoms with E-state index in [2.05, 4.69) is 9.97 Å². The molecule has 2 heterocycles. The zero-order valence-corrected chi connectivity index (χ0v) is 27.7. The van der Waals surface area contributed by atoms with E-state index < -0.39 is 76.5 Å². The van der Waals surface area contributed by atoms with E-state index in [4.69, 9.17) is 0 Å². The second-order valence-electron chi connectivity index (χ2n) is 11.7. The maximum absolute atomic E-state index is 13.0. The fraction of sp³-hybridized carbons (Fsp3) is 0.429. The fourth-order valence-corrected chi connectivity index (χ4v) is 6.12. The highest BCUT2D eigenvalue weighted by Crippen LogP contribution is 2.41. The molecule has 0 amide bonds. The van der Waals surface area contributed by atoms with Crippen molar-refractivity contribution in [2.75, 3.05) is 24.0 Å². The summed E-state index contributed by atoms with van der Waals surface area (Å²) in [5.41, 5.74) is -7.76. The lowest BCUT2D eigenvalue weighted by molar-refractivity contribution is -0.388. The zero-order chi connectivity index (χ0) is 37.5. The van der Waals surface area contributed by atoms with Gasteiger partial charge < -0.3 is 20.2 Å². The Bertz CT molecular complexity index is 2040. The molecule has 4 rings (SSSR count). The number of rotatable bonds is 10. The molecule has 2 aromatic heterocycles. The van der Waals surface area contributed by atoms with Gasteiger partial charge in [-0.05, 0) is 51.0 Å². The molecule has 0 fully saturated rings. The van der Waals surface area contributed by atoms with Gasteiger partial charge in [0.25, 0.3) is 11.4 Å². The van der Waals surface area contributed by atoms with Gasteiger partial charge in [0.2, 0.25) is 0 Å². The van der Waals surface area contributed by atoms with Gasteiger partial charge in [-0.25, -0.2) is 8.42 Å². The summed E-state index contributed by atoms with van der Waals surface area (Å²) in [5, 5.41) is 42.9. The summed E-state index contributed by atoms with van der Waals surface area (Å²) < 4.78 is 112. The second-order valence-corrected chi connectivity index (χ2v) is 15.6. The number of alkyl halides is 6. The number of hydrogen-bond donors (Lipinski definition) is 4. The van der Waals surface area contributed by atoms with Crippen molar-refractivity contribution in [3.05, 3.63) is 79.1 Å². The third kappa shape index (κ3) is 9.76. The Kier molecular flexibility index (Phi) is 11.0. The number of H-pyrrole nitrogens is 2. The second kappa shape index (κ2) is 13.7. The van der Waals surface area contributed by atoms with Crippen LogP contribution in [0.15, 0.2) is 36.4 Å². The van der Waals surface area contributed by atoms with Crippen LogP contribution in [0, 0.1) is 20.2 Å². The number of nitrogens with one attached hydrogen (secondary N) is 2. The Hall–Kier alpha value is -4.08. The van der Waals surface area contributed by atoms with E-state index >= 15 is 0 Å². The number of nitro groups is 2. The predicted octanol–water partition coefficient (Wildman–Crippen LogP) is 5.81. The number of nitrogens with zero attached hydrogens (tertiary/aromatic N) is 2. The summed E-state index contributed by atoms with van der Waals surface area (Å²) in [4.78, 5) is 24.8. The fourth-order valence-electron chi connectivity index (χ4n) is 4.67. The molecule has 21 heteroatoms. The van der Waals surface area contributed by atoms with E-state index in [1.165, 1.54) is 32.2 Å². The predicted molar refractivity (Wildman–Crippen MR) is 167 cm³/mol. The SMILES string of the molecule is CC(O)(CCS(C)(=O)=O)c1cc2cc([N+](=O)[O-])c(C(F)(F)F)cc2[nH]1.CS(=O)CCC(C)(O)c1cc2cc([N+](=O)[O-])c(C(F)(F)F)cc2[nH]1. The molecular weight excluding hydrogens is 714 g/mol. The normalized spacial score (nSPS) is 15.7. The van der Waals surface area contributed by atoms with E-state index in [1.807, 2.05) is 0 Å². The van der Waals surface area contributed by atoms with Gasteiger partial charge in [-0.1, -0.05) is 0 Å². The minimum atomic E-state index is -4.92. The summed E-state index contributed by atoms with van der Waals surface area (Å²) in [7, 11) is -4.49. The molecule has 3 unspecified atom stereocenters. The smallest absolute Gasteiger partial charge is 0.384 e. The lowest BCUT2D eigenvalue weighted by atomic mass is 9.99. The highest BCUT2D eigenvalue weighted by atomic mass is 32.2. The Balaban J connectivity index is 0.000000266. The van der Waals surface area contributed by atoms with Gasteiger partial charge in [-0.2, -0.15) is 26.3 Å². The maximum Gasteiger partial charge on any atom is 0.423 e. The number of fused-ring (bicyclic) bond motifs is 2. The zero-order valence-electron chi connectivity index (χ0n) is 26.0. The third-order valence-electron chi connectivity index (χ3n) is 7.47. The summed E-state index contributed by atoms with van der Waals surface area (Å²) in [6.07, 6.45) is -7.39. The molecule has 0 saturated carbocycles. The van der Waals surface area contributed by atoms with Crippen molar-refractivity contribution in [2.45, 2.75) is 50.2 Å². The molecule has 2 aromatic carbocycles. The standard InChI is InChI=1S/C14H15F3N2O5S.C14H15F3N2O4S/c1-13(20,3-4-25(2,23)24)12-6-8-5-11(19(21)22)9(14(15,16)17)7-10(8)18-12;1-13(20,3-4-24(2)23)12-6-8-5-11(19(21)22)9(14(15,16)17)7-10(8)18-12/h5-7,18,20H,3-4H2,1-2H3;5-7,18,20H,3-4H2,1-2H3. The average molecular weight is 745 g/mol. The van der Waals surface area contributed by atoms with Crippen molar-refractivity contribution in [3.8, 4) is 0 Å². The summed E-state index contributed by atoms with van der Waals surface area (Å²) in [5.74, 6) is -0.125. The molecule has 13 nitrogen and oxygen atoms in total. The molecule has 4 aromatic rings. The van der Waals surface area contributed by atoms with Crippen LogP contribution in [0.2, 0.25) is 0 Å². The van der Waals surface area contributed by atoms with Crippen LogP contribution in [-0.2, 0) is 44.2 Å². The van der Waals surface area contributed by atoms with Gasteiger partial charge in [0.05, 0.1) is 15.6 Å². The van der Waals surface area contributed by atoms with Crippen LogP contribution < -0.4 is 0 Å². The van der Waals surface area contributed by atoms with Crippen LogP contribution in [0.1, 0.15) is 49.2 Å². The monoisotopic (exact) mass is 744 g/mol. The van der Waals surface area contributed by atoms with Gasteiger partial charge in [-0.15, -0.1) is 0 Å². The first-order chi connectivity index (χ1) is 22.1. The first-order valence-electron chi connectivity index (χ1n) is 13.8. The molecule has 0 spiro atoms. The minimum Gasteiger partial charge on any atom is -0.384 e. The number of aromatic nitrogens is 2. The number of sulfone groups is 1. The third-order valence-corrected chi connectivity index (χ3v) is 9.20. The average Bonchev–Trinajstić information content (AvgIpc) is 3.57. The van der Waals surface area contributed by atoms with Gasteiger partial charge in [0.15, 0.2) is 0 Å². The van der Waals surface area contributed by atoms with Crippen molar-refractivity contribution in [1.29, 1.82) is 0 Å². The Morgan fingerprint density at radius 2 is 1.12 bits per heavy atom. The molecule has 4 N–H and O–H groups in total. The highest BCUT2D eigenvalue weighted by Gasteiger charge is 2.40. The molecule has 49 heavy (non-hydrogen) atoms. The molecule has 0 bridgehead atoms. The molecular formula is C28H30F6N4O9S2. The Morgan fingerprint density at radius 3 is 1.43 bits per heavy atom. The van der Waals surface area contributed by atoms with E-state index in [-0.39, 0.29) is 57.5 Å². The van der Waals surface area contributed by atoms with Crippen LogP contribution in [0.3, 0.4) is 0 Å². The Labute approximate surface area is 276 Å². The maximum atomic E-state index is 13.0. The van der Waals surface area contributed by atoms with Crippen molar-refractivity contribution in [1.82, 2.24) is 9.97 Å². The van der Waals surface area contributed by atoms with E-state index in [0.29, 0.717) is 12.1 Å². The molecule has 0 saturated heterocycles. The minimum absolute atomic E-state index is 0.0285. The van der Waals surface area contributed by atoms with Crippen molar-refractivity contribution < 1.29 is 59.0 Å².